The quantitative estimate of drug-likeness (QED) is 0.819. The lowest BCUT2D eigenvalue weighted by molar-refractivity contribution is 0.0520. The first-order chi connectivity index (χ1) is 9.69. The maximum Gasteiger partial charge on any atom is 0.407 e. The summed E-state index contributed by atoms with van der Waals surface area (Å²) in [6.45, 7) is 7.95. The van der Waals surface area contributed by atoms with E-state index in [1.165, 1.54) is 0 Å². The fraction of sp³-hybridized carbons (Fsp3) is 0.667. The van der Waals surface area contributed by atoms with Crippen molar-refractivity contribution < 1.29 is 14.3 Å². The Hall–Kier alpha value is -1.85. The van der Waals surface area contributed by atoms with Crippen molar-refractivity contribution in [2.45, 2.75) is 46.1 Å². The fourth-order valence-corrected chi connectivity index (χ4v) is 1.83. The standard InChI is InChI=1S/C15H25N3O3/c1-11(10-16-14(20)21-15(2,3)4)6-7-13(19)12-8-9-17-18(12)5/h8-9,11H,6-7,10H2,1-5H3,(H,16,20). The van der Waals surface area contributed by atoms with E-state index in [1.54, 1.807) is 24.0 Å². The number of alkyl carbamates (subject to hydrolysis) is 1. The maximum atomic E-state index is 12.0. The van der Waals surface area contributed by atoms with Gasteiger partial charge in [-0.25, -0.2) is 4.79 Å². The van der Waals surface area contributed by atoms with Crippen LogP contribution in [0.5, 0.6) is 0 Å². The zero-order valence-electron chi connectivity index (χ0n) is 13.5. The van der Waals surface area contributed by atoms with Gasteiger partial charge in [0.2, 0.25) is 0 Å². The molecule has 0 aliphatic heterocycles. The highest BCUT2D eigenvalue weighted by molar-refractivity contribution is 5.94. The van der Waals surface area contributed by atoms with Crippen LogP contribution in [0.2, 0.25) is 0 Å². The SMILES string of the molecule is CC(CCC(=O)c1ccnn1C)CNC(=O)OC(C)(C)C. The Bertz CT molecular complexity index is 489. The molecule has 1 aromatic rings. The molecule has 0 bridgehead atoms. The lowest BCUT2D eigenvalue weighted by atomic mass is 10.0. The molecule has 0 fully saturated rings. The number of rotatable bonds is 6. The second kappa shape index (κ2) is 7.24. The molecular weight excluding hydrogens is 270 g/mol. The van der Waals surface area contributed by atoms with Crippen molar-refractivity contribution in [2.75, 3.05) is 6.54 Å². The second-order valence-electron chi connectivity index (χ2n) is 6.29. The summed E-state index contributed by atoms with van der Waals surface area (Å²) >= 11 is 0. The molecule has 6 heteroatoms. The van der Waals surface area contributed by atoms with Crippen LogP contribution >= 0.6 is 0 Å². The van der Waals surface area contributed by atoms with E-state index in [2.05, 4.69) is 10.4 Å². The average Bonchev–Trinajstić information content (AvgIpc) is 2.77. The highest BCUT2D eigenvalue weighted by atomic mass is 16.6. The zero-order chi connectivity index (χ0) is 16.0. The number of ketones is 1. The normalized spacial score (nSPS) is 12.8. The number of ether oxygens (including phenoxy) is 1. The van der Waals surface area contributed by atoms with Crippen LogP contribution in [0.4, 0.5) is 4.79 Å². The lowest BCUT2D eigenvalue weighted by Gasteiger charge is -2.20. The summed E-state index contributed by atoms with van der Waals surface area (Å²) in [5.74, 6) is 0.272. The minimum Gasteiger partial charge on any atom is -0.444 e. The van der Waals surface area contributed by atoms with E-state index in [-0.39, 0.29) is 11.7 Å². The molecule has 1 unspecified atom stereocenters. The second-order valence-corrected chi connectivity index (χ2v) is 6.29. The molecule has 6 nitrogen and oxygen atoms in total. The van der Waals surface area contributed by atoms with Crippen LogP contribution in [-0.4, -0.2) is 33.8 Å². The first-order valence-electron chi connectivity index (χ1n) is 7.17. The number of hydrogen-bond acceptors (Lipinski definition) is 4. The van der Waals surface area contributed by atoms with Gasteiger partial charge in [-0.2, -0.15) is 5.10 Å². The third-order valence-corrected chi connectivity index (χ3v) is 2.96. The number of aryl methyl sites for hydroxylation is 1. The Morgan fingerprint density at radius 1 is 1.43 bits per heavy atom. The molecule has 118 valence electrons. The zero-order valence-corrected chi connectivity index (χ0v) is 13.5. The van der Waals surface area contributed by atoms with Crippen LogP contribution in [0.25, 0.3) is 0 Å². The summed E-state index contributed by atoms with van der Waals surface area (Å²) in [6, 6.07) is 1.71. The van der Waals surface area contributed by atoms with Crippen LogP contribution in [0.15, 0.2) is 12.3 Å². The molecule has 0 aromatic carbocycles. The summed E-state index contributed by atoms with van der Waals surface area (Å²) in [5.41, 5.74) is 0.116. The van der Waals surface area contributed by atoms with E-state index in [0.717, 1.165) is 0 Å². The number of nitrogens with zero attached hydrogens (tertiary/aromatic N) is 2. The highest BCUT2D eigenvalue weighted by Crippen LogP contribution is 2.10. The molecule has 1 N–H and O–H groups in total. The van der Waals surface area contributed by atoms with Crippen LogP contribution in [0, 0.1) is 5.92 Å². The monoisotopic (exact) mass is 295 g/mol. The smallest absolute Gasteiger partial charge is 0.407 e. The lowest BCUT2D eigenvalue weighted by Crippen LogP contribution is -2.34. The van der Waals surface area contributed by atoms with E-state index in [4.69, 9.17) is 4.74 Å². The van der Waals surface area contributed by atoms with Crippen LogP contribution in [0.1, 0.15) is 51.0 Å². The molecule has 1 amide bonds. The predicted octanol–water partition coefficient (Wildman–Crippen LogP) is 2.54. The molecule has 0 aliphatic carbocycles. The van der Waals surface area contributed by atoms with Gasteiger partial charge in [-0.15, -0.1) is 0 Å². The molecule has 1 atom stereocenters. The van der Waals surface area contributed by atoms with Crippen LogP contribution in [0.3, 0.4) is 0 Å². The molecule has 1 aromatic heterocycles. The molecule has 21 heavy (non-hydrogen) atoms. The van der Waals surface area contributed by atoms with E-state index in [1.807, 2.05) is 27.7 Å². The van der Waals surface area contributed by atoms with E-state index >= 15 is 0 Å². The number of carbonyl (C=O) groups excluding carboxylic acids is 2. The van der Waals surface area contributed by atoms with Crippen molar-refractivity contribution in [3.8, 4) is 0 Å². The Labute approximate surface area is 125 Å². The number of aromatic nitrogens is 2. The minimum atomic E-state index is -0.497. The van der Waals surface area contributed by atoms with Crippen LogP contribution < -0.4 is 5.32 Å². The van der Waals surface area contributed by atoms with Crippen molar-refractivity contribution in [3.63, 3.8) is 0 Å². The van der Waals surface area contributed by atoms with Gasteiger partial charge in [-0.1, -0.05) is 6.92 Å². The van der Waals surface area contributed by atoms with Crippen molar-refractivity contribution in [1.82, 2.24) is 15.1 Å². The molecule has 0 radical (unpaired) electrons. The number of amides is 1. The van der Waals surface area contributed by atoms with E-state index in [9.17, 15) is 9.59 Å². The molecule has 0 spiro atoms. The Morgan fingerprint density at radius 3 is 2.62 bits per heavy atom. The van der Waals surface area contributed by atoms with Gasteiger partial charge in [-0.05, 0) is 39.2 Å². The van der Waals surface area contributed by atoms with Crippen molar-refractivity contribution >= 4 is 11.9 Å². The average molecular weight is 295 g/mol. The van der Waals surface area contributed by atoms with Gasteiger partial charge in [0.05, 0.1) is 0 Å². The summed E-state index contributed by atoms with van der Waals surface area (Å²) in [4.78, 5) is 23.5. The number of hydrogen-bond donors (Lipinski definition) is 1. The third kappa shape index (κ3) is 6.42. The van der Waals surface area contributed by atoms with Crippen LogP contribution in [-0.2, 0) is 11.8 Å². The minimum absolute atomic E-state index is 0.0686. The largest absolute Gasteiger partial charge is 0.444 e. The first-order valence-corrected chi connectivity index (χ1v) is 7.17. The van der Waals surface area contributed by atoms with E-state index in [0.29, 0.717) is 25.1 Å². The molecule has 1 heterocycles. The molecule has 0 aliphatic rings. The summed E-state index contributed by atoms with van der Waals surface area (Å²) in [5, 5.41) is 6.70. The topological polar surface area (TPSA) is 73.2 Å². The predicted molar refractivity (Wildman–Crippen MR) is 80.2 cm³/mol. The summed E-state index contributed by atoms with van der Waals surface area (Å²) < 4.78 is 6.74. The van der Waals surface area contributed by atoms with Crippen molar-refractivity contribution in [1.29, 1.82) is 0 Å². The van der Waals surface area contributed by atoms with E-state index < -0.39 is 11.7 Å². The van der Waals surface area contributed by atoms with Gasteiger partial charge in [0, 0.05) is 26.2 Å². The molecule has 0 saturated heterocycles. The number of carbonyl (C=O) groups is 2. The Kier molecular flexibility index (Phi) is 5.93. The molecule has 0 saturated carbocycles. The van der Waals surface area contributed by atoms with Gasteiger partial charge < -0.3 is 10.1 Å². The van der Waals surface area contributed by atoms with Gasteiger partial charge >= 0.3 is 6.09 Å². The number of Topliss-reactive ketones (excluding diaryl/α,β-unsaturated/α-hetero) is 1. The first kappa shape index (κ1) is 17.2. The van der Waals surface area contributed by atoms with Gasteiger partial charge in [0.1, 0.15) is 11.3 Å². The Balaban J connectivity index is 2.28. The fourth-order valence-electron chi connectivity index (χ4n) is 1.83. The van der Waals surface area contributed by atoms with Gasteiger partial charge in [0.25, 0.3) is 0 Å². The Morgan fingerprint density at radius 2 is 2.10 bits per heavy atom. The third-order valence-electron chi connectivity index (χ3n) is 2.96. The maximum absolute atomic E-state index is 12.0. The van der Waals surface area contributed by atoms with Gasteiger partial charge in [0.15, 0.2) is 5.78 Å². The summed E-state index contributed by atoms with van der Waals surface area (Å²) in [7, 11) is 1.75. The highest BCUT2D eigenvalue weighted by Gasteiger charge is 2.17. The molecular formula is C15H25N3O3. The molecule has 1 rings (SSSR count). The van der Waals surface area contributed by atoms with Crippen molar-refractivity contribution in [3.05, 3.63) is 18.0 Å². The van der Waals surface area contributed by atoms with Gasteiger partial charge in [-0.3, -0.25) is 9.48 Å². The number of nitrogens with one attached hydrogen (secondary N) is 1. The summed E-state index contributed by atoms with van der Waals surface area (Å²) in [6.07, 6.45) is 2.34. The van der Waals surface area contributed by atoms with Crippen molar-refractivity contribution in [2.24, 2.45) is 13.0 Å².